The van der Waals surface area contributed by atoms with Gasteiger partial charge in [0.1, 0.15) is 0 Å². The minimum atomic E-state index is -0.539. The third-order valence-electron chi connectivity index (χ3n) is 5.25. The van der Waals surface area contributed by atoms with E-state index in [2.05, 4.69) is 15.8 Å². The second-order valence-corrected chi connectivity index (χ2v) is 9.03. The van der Waals surface area contributed by atoms with Crippen molar-refractivity contribution in [2.75, 3.05) is 59.4 Å². The predicted octanol–water partition coefficient (Wildman–Crippen LogP) is 1.73. The third-order valence-corrected chi connectivity index (χ3v) is 5.94. The van der Waals surface area contributed by atoms with E-state index in [1.54, 1.807) is 0 Å². The topological polar surface area (TPSA) is 193 Å². The van der Waals surface area contributed by atoms with Crippen molar-refractivity contribution in [3.05, 3.63) is 33.8 Å². The number of carbonyl (C=O) groups excluding carboxylic acids is 2. The number of hydrazone groups is 1. The molecule has 0 aliphatic carbocycles. The van der Waals surface area contributed by atoms with Crippen LogP contribution in [0.1, 0.15) is 18.4 Å². The SMILES string of the molecule is O=C(CCn1c(O)ccc1O)NCCOCCOCCOCCOCCC(=O)NN=Cc1c(Cl)cc(O)c(O)c1Cl. The first-order valence-corrected chi connectivity index (χ1v) is 13.3. The Balaban J connectivity index is 1.36. The maximum atomic E-state index is 11.8. The Bertz CT molecular complexity index is 1130. The van der Waals surface area contributed by atoms with Gasteiger partial charge in [-0.3, -0.25) is 14.2 Å². The summed E-state index contributed by atoms with van der Waals surface area (Å²) in [5, 5.41) is 44.4. The smallest absolute Gasteiger partial charge is 0.242 e. The molecule has 1 heterocycles. The third kappa shape index (κ3) is 12.8. The number of carbonyl (C=O) groups is 2. The molecule has 0 saturated carbocycles. The number of benzene rings is 1. The highest BCUT2D eigenvalue weighted by Gasteiger charge is 2.13. The standard InChI is InChI=1S/C25H34Cl2N4O10/c26-18-15-19(32)25(37)24(27)17(18)16-29-30-21(34)4-7-38-9-11-40-13-14-41-12-10-39-8-5-28-20(33)3-6-31-22(35)1-2-23(31)36/h1-2,15-16,32,35-37H,3-14H2,(H,28,33)(H,30,34). The summed E-state index contributed by atoms with van der Waals surface area (Å²) in [6.07, 6.45) is 1.31. The van der Waals surface area contributed by atoms with Crippen molar-refractivity contribution in [3.8, 4) is 23.3 Å². The molecule has 0 fully saturated rings. The highest BCUT2D eigenvalue weighted by atomic mass is 35.5. The molecule has 14 nitrogen and oxygen atoms in total. The summed E-state index contributed by atoms with van der Waals surface area (Å²) < 4.78 is 22.7. The molecule has 41 heavy (non-hydrogen) atoms. The first-order valence-electron chi connectivity index (χ1n) is 12.6. The number of halogens is 2. The molecule has 1 aromatic heterocycles. The minimum absolute atomic E-state index is 0.0509. The Labute approximate surface area is 246 Å². The summed E-state index contributed by atoms with van der Waals surface area (Å²) in [5.41, 5.74) is 2.42. The second-order valence-electron chi connectivity index (χ2n) is 8.25. The summed E-state index contributed by atoms with van der Waals surface area (Å²) >= 11 is 11.8. The Hall–Kier alpha value is -3.27. The molecule has 0 atom stereocenters. The maximum absolute atomic E-state index is 11.8. The number of aromatic nitrogens is 1. The van der Waals surface area contributed by atoms with E-state index in [1.807, 2.05) is 0 Å². The number of ether oxygens (including phenoxy) is 4. The van der Waals surface area contributed by atoms with E-state index in [0.29, 0.717) is 46.2 Å². The van der Waals surface area contributed by atoms with Crippen molar-refractivity contribution >= 4 is 41.2 Å². The lowest BCUT2D eigenvalue weighted by Gasteiger charge is -2.09. The average Bonchev–Trinajstić information content (AvgIpc) is 3.26. The van der Waals surface area contributed by atoms with E-state index >= 15 is 0 Å². The lowest BCUT2D eigenvalue weighted by atomic mass is 10.2. The normalized spacial score (nSPS) is 11.3. The van der Waals surface area contributed by atoms with Gasteiger partial charge in [0.05, 0.1) is 75.5 Å². The fourth-order valence-corrected chi connectivity index (χ4v) is 3.66. The molecule has 0 unspecified atom stereocenters. The van der Waals surface area contributed by atoms with E-state index in [4.69, 9.17) is 42.1 Å². The van der Waals surface area contributed by atoms with E-state index in [0.717, 1.165) is 12.3 Å². The van der Waals surface area contributed by atoms with Crippen LogP contribution >= 0.6 is 23.2 Å². The molecule has 0 spiro atoms. The fraction of sp³-hybridized carbons (Fsp3) is 0.480. The molecule has 0 aliphatic rings. The van der Waals surface area contributed by atoms with Crippen LogP contribution in [0.5, 0.6) is 23.3 Å². The molecule has 2 aromatic rings. The van der Waals surface area contributed by atoms with Gasteiger partial charge >= 0.3 is 0 Å². The molecule has 0 radical (unpaired) electrons. The molecule has 0 aliphatic heterocycles. The number of hydrogen-bond acceptors (Lipinski definition) is 11. The number of aromatic hydroxyl groups is 4. The minimum Gasteiger partial charge on any atom is -0.504 e. The van der Waals surface area contributed by atoms with Crippen LogP contribution in [0.4, 0.5) is 0 Å². The van der Waals surface area contributed by atoms with Crippen LogP contribution in [-0.2, 0) is 35.1 Å². The summed E-state index contributed by atoms with van der Waals surface area (Å²) in [4.78, 5) is 23.6. The molecule has 0 bridgehead atoms. The monoisotopic (exact) mass is 620 g/mol. The second kappa shape index (κ2) is 19.0. The number of nitrogens with one attached hydrogen (secondary N) is 2. The largest absolute Gasteiger partial charge is 0.504 e. The van der Waals surface area contributed by atoms with Gasteiger partial charge in [-0.25, -0.2) is 5.43 Å². The van der Waals surface area contributed by atoms with E-state index in [1.165, 1.54) is 16.7 Å². The molecule has 2 amide bonds. The Morgan fingerprint density at radius 1 is 0.829 bits per heavy atom. The molecule has 16 heteroatoms. The summed E-state index contributed by atoms with van der Waals surface area (Å²) in [5.74, 6) is -1.85. The van der Waals surface area contributed by atoms with E-state index in [9.17, 15) is 30.0 Å². The lowest BCUT2D eigenvalue weighted by Crippen LogP contribution is -2.28. The van der Waals surface area contributed by atoms with E-state index < -0.39 is 17.4 Å². The summed E-state index contributed by atoms with van der Waals surface area (Å²) in [6, 6.07) is 3.80. The summed E-state index contributed by atoms with van der Waals surface area (Å²) in [6.45, 7) is 3.02. The molecular formula is C25H34Cl2N4O10. The summed E-state index contributed by atoms with van der Waals surface area (Å²) in [7, 11) is 0. The average molecular weight is 621 g/mol. The zero-order valence-corrected chi connectivity index (χ0v) is 23.7. The molecule has 6 N–H and O–H groups in total. The molecule has 0 saturated heterocycles. The predicted molar refractivity (Wildman–Crippen MR) is 149 cm³/mol. The van der Waals surface area contributed by atoms with Crippen molar-refractivity contribution < 1.29 is 49.0 Å². The first kappa shape index (κ1) is 33.9. The quantitative estimate of drug-likeness (QED) is 0.0549. The van der Waals surface area contributed by atoms with Crippen LogP contribution in [0.25, 0.3) is 0 Å². The number of amides is 2. The van der Waals surface area contributed by atoms with Gasteiger partial charge in [0.15, 0.2) is 23.3 Å². The maximum Gasteiger partial charge on any atom is 0.242 e. The van der Waals surface area contributed by atoms with E-state index in [-0.39, 0.29) is 65.9 Å². The lowest BCUT2D eigenvalue weighted by molar-refractivity contribution is -0.122. The van der Waals surface area contributed by atoms with Gasteiger partial charge in [-0.15, -0.1) is 0 Å². The molecule has 2 rings (SSSR count). The van der Waals surface area contributed by atoms with Crippen molar-refractivity contribution in [3.63, 3.8) is 0 Å². The number of hydrogen-bond donors (Lipinski definition) is 6. The Morgan fingerprint density at radius 2 is 1.39 bits per heavy atom. The number of phenolic OH excluding ortho intramolecular Hbond substituents is 2. The van der Waals surface area contributed by atoms with Gasteiger partial charge < -0.3 is 44.7 Å². The number of phenols is 2. The van der Waals surface area contributed by atoms with Gasteiger partial charge in [-0.05, 0) is 0 Å². The van der Waals surface area contributed by atoms with Crippen molar-refractivity contribution in [1.29, 1.82) is 0 Å². The van der Waals surface area contributed by atoms with Gasteiger partial charge in [0, 0.05) is 43.3 Å². The molecule has 1 aromatic carbocycles. The highest BCUT2D eigenvalue weighted by Crippen LogP contribution is 2.39. The van der Waals surface area contributed by atoms with Gasteiger partial charge in [-0.1, -0.05) is 23.2 Å². The van der Waals surface area contributed by atoms with Gasteiger partial charge in [-0.2, -0.15) is 5.10 Å². The first-order chi connectivity index (χ1) is 19.7. The number of nitrogens with zero attached hydrogens (tertiary/aromatic N) is 2. The van der Waals surface area contributed by atoms with Crippen molar-refractivity contribution in [2.24, 2.45) is 5.10 Å². The zero-order valence-electron chi connectivity index (χ0n) is 22.2. The fourth-order valence-electron chi connectivity index (χ4n) is 3.12. The van der Waals surface area contributed by atoms with Crippen LogP contribution in [0, 0.1) is 0 Å². The van der Waals surface area contributed by atoms with Crippen LogP contribution in [0.3, 0.4) is 0 Å². The number of rotatable bonds is 20. The van der Waals surface area contributed by atoms with Crippen LogP contribution in [0.15, 0.2) is 23.3 Å². The molecule has 228 valence electrons. The van der Waals surface area contributed by atoms with Crippen LogP contribution in [0.2, 0.25) is 10.0 Å². The zero-order chi connectivity index (χ0) is 30.0. The van der Waals surface area contributed by atoms with Gasteiger partial charge in [0.25, 0.3) is 0 Å². The van der Waals surface area contributed by atoms with Crippen LogP contribution in [-0.4, -0.2) is 102 Å². The highest BCUT2D eigenvalue weighted by molar-refractivity contribution is 6.39. The van der Waals surface area contributed by atoms with Crippen LogP contribution < -0.4 is 10.7 Å². The van der Waals surface area contributed by atoms with Gasteiger partial charge in [0.2, 0.25) is 11.8 Å². The van der Waals surface area contributed by atoms with Crippen molar-refractivity contribution in [2.45, 2.75) is 19.4 Å². The Morgan fingerprint density at radius 3 is 2.00 bits per heavy atom. The molecular weight excluding hydrogens is 587 g/mol. The van der Waals surface area contributed by atoms with Crippen molar-refractivity contribution in [1.82, 2.24) is 15.3 Å². The Kier molecular flexibility index (Phi) is 15.7.